The fourth-order valence-corrected chi connectivity index (χ4v) is 5.92. The van der Waals surface area contributed by atoms with Crippen LogP contribution in [0.3, 0.4) is 0 Å². The van der Waals surface area contributed by atoms with Crippen LogP contribution in [0, 0.1) is 0 Å². The SMILES string of the molecule is CC/C=C\CCCCOC(CCC(=O)OCc1cc(CO)cc(COC(=O)CCC(OCCCC/C=C\CC)OCCCC/C=C\CC)c1)OCCCC/C=C\CC. The molecule has 1 aromatic carbocycles. The second-order valence-corrected chi connectivity index (χ2v) is 14.6. The molecule has 9 heteroatoms. The van der Waals surface area contributed by atoms with Crippen molar-refractivity contribution < 1.29 is 43.1 Å². The molecule has 0 aromatic heterocycles. The van der Waals surface area contributed by atoms with Gasteiger partial charge in [0, 0.05) is 39.3 Å². The van der Waals surface area contributed by atoms with Crippen LogP contribution < -0.4 is 0 Å². The van der Waals surface area contributed by atoms with Gasteiger partial charge in [-0.05, 0) is 125 Å². The summed E-state index contributed by atoms with van der Waals surface area (Å²) in [5, 5.41) is 9.92. The zero-order chi connectivity index (χ0) is 42.2. The molecule has 0 aliphatic rings. The van der Waals surface area contributed by atoms with Gasteiger partial charge in [0.15, 0.2) is 12.6 Å². The summed E-state index contributed by atoms with van der Waals surface area (Å²) in [6, 6.07) is 5.41. The molecule has 0 amide bonds. The zero-order valence-electron chi connectivity index (χ0n) is 36.8. The van der Waals surface area contributed by atoms with Crippen molar-refractivity contribution in [1.82, 2.24) is 0 Å². The van der Waals surface area contributed by atoms with Crippen LogP contribution in [-0.4, -0.2) is 56.1 Å². The molecule has 9 nitrogen and oxygen atoms in total. The number of esters is 2. The molecular weight excluding hydrogens is 733 g/mol. The maximum Gasteiger partial charge on any atom is 0.306 e. The van der Waals surface area contributed by atoms with Crippen LogP contribution in [-0.2, 0) is 57.8 Å². The minimum atomic E-state index is -0.465. The second-order valence-electron chi connectivity index (χ2n) is 14.6. The number of carbonyl (C=O) groups excluding carboxylic acids is 2. The molecular formula is C49H80O9. The van der Waals surface area contributed by atoms with Gasteiger partial charge in [-0.25, -0.2) is 0 Å². The Balaban J connectivity index is 2.63. The number of aliphatic hydroxyl groups excluding tert-OH is 1. The van der Waals surface area contributed by atoms with Crippen molar-refractivity contribution in [3.63, 3.8) is 0 Å². The molecule has 0 atom stereocenters. The van der Waals surface area contributed by atoms with Crippen LogP contribution in [0.2, 0.25) is 0 Å². The van der Waals surface area contributed by atoms with E-state index in [2.05, 4.69) is 76.3 Å². The summed E-state index contributed by atoms with van der Waals surface area (Å²) in [7, 11) is 0. The fourth-order valence-electron chi connectivity index (χ4n) is 5.92. The van der Waals surface area contributed by atoms with Gasteiger partial charge in [0.1, 0.15) is 13.2 Å². The molecule has 0 spiro atoms. The molecule has 0 fully saturated rings. The highest BCUT2D eigenvalue weighted by atomic mass is 16.7. The van der Waals surface area contributed by atoms with E-state index < -0.39 is 12.6 Å². The molecule has 1 aromatic rings. The molecule has 0 bridgehead atoms. The summed E-state index contributed by atoms with van der Waals surface area (Å²) in [6.45, 7) is 10.7. The first-order valence-electron chi connectivity index (χ1n) is 22.6. The number of allylic oxidation sites excluding steroid dienone is 8. The van der Waals surface area contributed by atoms with Crippen molar-refractivity contribution >= 4 is 11.9 Å². The summed E-state index contributed by atoms with van der Waals surface area (Å²) in [5.41, 5.74) is 2.07. The molecule has 0 radical (unpaired) electrons. The molecule has 1 N–H and O–H groups in total. The van der Waals surface area contributed by atoms with E-state index in [-0.39, 0.29) is 44.6 Å². The highest BCUT2D eigenvalue weighted by molar-refractivity contribution is 5.69. The minimum Gasteiger partial charge on any atom is -0.461 e. The summed E-state index contributed by atoms with van der Waals surface area (Å²) >= 11 is 0. The van der Waals surface area contributed by atoms with Crippen LogP contribution in [0.4, 0.5) is 0 Å². The van der Waals surface area contributed by atoms with Gasteiger partial charge in [0.25, 0.3) is 0 Å². The Bertz CT molecular complexity index is 1120. The van der Waals surface area contributed by atoms with E-state index in [4.69, 9.17) is 28.4 Å². The average molecular weight is 813 g/mol. The summed E-state index contributed by atoms with van der Waals surface area (Å²) in [4.78, 5) is 25.7. The Morgan fingerprint density at radius 1 is 0.483 bits per heavy atom. The van der Waals surface area contributed by atoms with E-state index in [0.29, 0.717) is 56.0 Å². The van der Waals surface area contributed by atoms with Gasteiger partial charge in [0.2, 0.25) is 0 Å². The predicted molar refractivity (Wildman–Crippen MR) is 235 cm³/mol. The predicted octanol–water partition coefficient (Wildman–Crippen LogP) is 12.1. The first-order chi connectivity index (χ1) is 28.4. The Hall–Kier alpha value is -3.08. The molecule has 0 heterocycles. The van der Waals surface area contributed by atoms with Crippen LogP contribution in [0.25, 0.3) is 0 Å². The fraction of sp³-hybridized carbons (Fsp3) is 0.673. The van der Waals surface area contributed by atoms with Gasteiger partial charge in [-0.1, -0.05) is 88.4 Å². The Labute approximate surface area is 352 Å². The molecule has 0 aliphatic carbocycles. The topological polar surface area (TPSA) is 110 Å². The molecule has 0 unspecified atom stereocenters. The van der Waals surface area contributed by atoms with Crippen molar-refractivity contribution in [1.29, 1.82) is 0 Å². The van der Waals surface area contributed by atoms with E-state index in [0.717, 1.165) is 103 Å². The van der Waals surface area contributed by atoms with Crippen molar-refractivity contribution in [2.45, 2.75) is 189 Å². The van der Waals surface area contributed by atoms with Crippen molar-refractivity contribution in [2.24, 2.45) is 0 Å². The van der Waals surface area contributed by atoms with Crippen molar-refractivity contribution in [3.8, 4) is 0 Å². The van der Waals surface area contributed by atoms with Crippen molar-refractivity contribution in [3.05, 3.63) is 83.5 Å². The number of hydrogen-bond donors (Lipinski definition) is 1. The third kappa shape index (κ3) is 31.9. The lowest BCUT2D eigenvalue weighted by Gasteiger charge is -2.19. The smallest absolute Gasteiger partial charge is 0.306 e. The number of carbonyl (C=O) groups is 2. The van der Waals surface area contributed by atoms with Crippen LogP contribution in [0.15, 0.2) is 66.8 Å². The third-order valence-corrected chi connectivity index (χ3v) is 9.15. The van der Waals surface area contributed by atoms with Gasteiger partial charge in [-0.15, -0.1) is 0 Å². The minimum absolute atomic E-state index is 0.0384. The second kappa shape index (κ2) is 39.4. The zero-order valence-corrected chi connectivity index (χ0v) is 36.8. The summed E-state index contributed by atoms with van der Waals surface area (Å²) in [6.07, 6.45) is 34.0. The third-order valence-electron chi connectivity index (χ3n) is 9.15. The number of unbranched alkanes of at least 4 members (excludes halogenated alkanes) is 8. The Morgan fingerprint density at radius 3 is 1.09 bits per heavy atom. The summed E-state index contributed by atoms with van der Waals surface area (Å²) < 4.78 is 35.4. The molecule has 0 saturated carbocycles. The average Bonchev–Trinajstić information content (AvgIpc) is 3.23. The largest absolute Gasteiger partial charge is 0.461 e. The lowest BCUT2D eigenvalue weighted by molar-refractivity contribution is -0.160. The van der Waals surface area contributed by atoms with Gasteiger partial charge < -0.3 is 33.5 Å². The molecule has 0 saturated heterocycles. The standard InChI is InChI=1S/C49H80O9/c1-5-9-13-17-21-25-33-53-48(54-34-26-22-18-14-10-6-2)31-29-46(51)57-41-44-37-43(40-50)38-45(39-44)42-58-47(52)30-32-49(55-35-27-23-19-15-11-7-3)56-36-28-24-20-16-12-8-4/h9-16,37-39,48-50H,5-8,17-36,40-42H2,1-4H3/b13-9-,14-10-,15-11-,16-12-. The first kappa shape index (κ1) is 52.9. The first-order valence-corrected chi connectivity index (χ1v) is 22.6. The lowest BCUT2D eigenvalue weighted by Crippen LogP contribution is -2.21. The highest BCUT2D eigenvalue weighted by Crippen LogP contribution is 2.16. The van der Waals surface area contributed by atoms with E-state index in [9.17, 15) is 14.7 Å². The van der Waals surface area contributed by atoms with Gasteiger partial charge in [-0.2, -0.15) is 0 Å². The van der Waals surface area contributed by atoms with E-state index in [1.54, 1.807) is 12.1 Å². The maximum absolute atomic E-state index is 12.8. The van der Waals surface area contributed by atoms with Gasteiger partial charge in [-0.3, -0.25) is 9.59 Å². The van der Waals surface area contributed by atoms with Crippen molar-refractivity contribution in [2.75, 3.05) is 26.4 Å². The Kier molecular flexibility index (Phi) is 35.9. The molecule has 0 aliphatic heterocycles. The maximum atomic E-state index is 12.8. The summed E-state index contributed by atoms with van der Waals surface area (Å²) in [5.74, 6) is -0.704. The number of benzene rings is 1. The van der Waals surface area contributed by atoms with Gasteiger partial charge in [0.05, 0.1) is 19.4 Å². The quantitative estimate of drug-likeness (QED) is 0.0301. The Morgan fingerprint density at radius 2 is 0.793 bits per heavy atom. The lowest BCUT2D eigenvalue weighted by atomic mass is 10.1. The van der Waals surface area contributed by atoms with Crippen LogP contribution in [0.5, 0.6) is 0 Å². The number of rotatable bonds is 39. The number of hydrogen-bond acceptors (Lipinski definition) is 9. The number of aliphatic hydroxyl groups is 1. The van der Waals surface area contributed by atoms with Gasteiger partial charge >= 0.3 is 11.9 Å². The van der Waals surface area contributed by atoms with Crippen LogP contribution in [0.1, 0.15) is 173 Å². The monoisotopic (exact) mass is 813 g/mol. The van der Waals surface area contributed by atoms with E-state index >= 15 is 0 Å². The molecule has 330 valence electrons. The van der Waals surface area contributed by atoms with Crippen LogP contribution >= 0.6 is 0 Å². The van der Waals surface area contributed by atoms with E-state index in [1.165, 1.54) is 0 Å². The normalized spacial score (nSPS) is 12.1. The molecule has 58 heavy (non-hydrogen) atoms. The molecule has 1 rings (SSSR count). The number of ether oxygens (including phenoxy) is 6. The van der Waals surface area contributed by atoms with E-state index in [1.807, 2.05) is 6.07 Å². The highest BCUT2D eigenvalue weighted by Gasteiger charge is 2.16.